The molecule has 0 fully saturated rings. The standard InChI is InChI=1S/C20H22O4S/c1-4-20-19(24-11-12-25-20)13-14(2)17(21)9-10-18(22)15-5-7-16(23-3)8-6-15/h4-8,13H,1,9-12H2,2-3H3. The van der Waals surface area contributed by atoms with E-state index in [-0.39, 0.29) is 24.4 Å². The van der Waals surface area contributed by atoms with Gasteiger partial charge in [-0.1, -0.05) is 12.7 Å². The van der Waals surface area contributed by atoms with Crippen molar-refractivity contribution in [1.29, 1.82) is 0 Å². The van der Waals surface area contributed by atoms with E-state index in [1.807, 2.05) is 0 Å². The van der Waals surface area contributed by atoms with E-state index in [9.17, 15) is 9.59 Å². The maximum absolute atomic E-state index is 12.3. The van der Waals surface area contributed by atoms with Crippen molar-refractivity contribution >= 4 is 23.3 Å². The number of methoxy groups -OCH3 is 1. The van der Waals surface area contributed by atoms with Crippen LogP contribution in [0.4, 0.5) is 0 Å². The normalized spacial score (nSPS) is 14.7. The summed E-state index contributed by atoms with van der Waals surface area (Å²) in [5.41, 5.74) is 1.17. The number of thioether (sulfide) groups is 1. The Hall–Kier alpha value is -2.27. The summed E-state index contributed by atoms with van der Waals surface area (Å²) >= 11 is 1.66. The third-order valence-electron chi connectivity index (χ3n) is 3.81. The van der Waals surface area contributed by atoms with E-state index >= 15 is 0 Å². The van der Waals surface area contributed by atoms with Crippen LogP contribution < -0.4 is 4.74 Å². The second kappa shape index (κ2) is 9.28. The summed E-state index contributed by atoms with van der Waals surface area (Å²) in [6, 6.07) is 6.90. The van der Waals surface area contributed by atoms with Gasteiger partial charge in [-0.3, -0.25) is 9.59 Å². The number of hydrogen-bond donors (Lipinski definition) is 0. The van der Waals surface area contributed by atoms with Gasteiger partial charge < -0.3 is 9.47 Å². The SMILES string of the molecule is C=CC1=C(C=C(C)C(=O)CCC(=O)c2ccc(OC)cc2)OCCS1. The maximum Gasteiger partial charge on any atom is 0.163 e. The number of benzene rings is 1. The zero-order chi connectivity index (χ0) is 18.2. The molecule has 0 aliphatic carbocycles. The van der Waals surface area contributed by atoms with Gasteiger partial charge in [-0.15, -0.1) is 11.8 Å². The first-order chi connectivity index (χ1) is 12.0. The minimum Gasteiger partial charge on any atom is -0.497 e. The Morgan fingerprint density at radius 1 is 1.28 bits per heavy atom. The molecule has 0 atom stereocenters. The fourth-order valence-electron chi connectivity index (χ4n) is 2.34. The number of carbonyl (C=O) groups excluding carboxylic acids is 2. The molecule has 25 heavy (non-hydrogen) atoms. The molecule has 1 aliphatic heterocycles. The molecule has 0 amide bonds. The highest BCUT2D eigenvalue weighted by atomic mass is 32.2. The fourth-order valence-corrected chi connectivity index (χ4v) is 3.10. The first kappa shape index (κ1) is 19.1. The lowest BCUT2D eigenvalue weighted by Gasteiger charge is -2.17. The number of rotatable bonds is 8. The van der Waals surface area contributed by atoms with Gasteiger partial charge in [0.2, 0.25) is 0 Å². The van der Waals surface area contributed by atoms with Crippen molar-refractivity contribution in [2.75, 3.05) is 19.5 Å². The number of Topliss-reactive ketones (excluding diaryl/α,β-unsaturated/α-hetero) is 2. The molecule has 0 bridgehead atoms. The second-order valence-electron chi connectivity index (χ2n) is 5.53. The molecule has 0 N–H and O–H groups in total. The van der Waals surface area contributed by atoms with Crippen molar-refractivity contribution in [3.63, 3.8) is 0 Å². The third-order valence-corrected chi connectivity index (χ3v) is 4.85. The summed E-state index contributed by atoms with van der Waals surface area (Å²) in [5.74, 6) is 2.14. The fraction of sp³-hybridized carbons (Fsp3) is 0.300. The van der Waals surface area contributed by atoms with E-state index in [1.165, 1.54) is 0 Å². The van der Waals surface area contributed by atoms with Crippen molar-refractivity contribution in [3.8, 4) is 5.75 Å². The van der Waals surface area contributed by atoms with Gasteiger partial charge >= 0.3 is 0 Å². The second-order valence-corrected chi connectivity index (χ2v) is 6.67. The molecule has 0 unspecified atom stereocenters. The molecule has 1 aliphatic rings. The number of carbonyl (C=O) groups is 2. The summed E-state index contributed by atoms with van der Waals surface area (Å²) in [5, 5.41) is 0. The Labute approximate surface area is 152 Å². The molecule has 5 heteroatoms. The summed E-state index contributed by atoms with van der Waals surface area (Å²) in [4.78, 5) is 25.4. The highest BCUT2D eigenvalue weighted by molar-refractivity contribution is 8.03. The molecule has 1 heterocycles. The molecule has 0 radical (unpaired) electrons. The highest BCUT2D eigenvalue weighted by Crippen LogP contribution is 2.28. The van der Waals surface area contributed by atoms with Crippen LogP contribution in [0.5, 0.6) is 5.75 Å². The van der Waals surface area contributed by atoms with Crippen LogP contribution in [0.1, 0.15) is 30.1 Å². The Kier molecular flexibility index (Phi) is 7.07. The number of ether oxygens (including phenoxy) is 2. The topological polar surface area (TPSA) is 52.6 Å². The number of hydrogen-bond acceptors (Lipinski definition) is 5. The molecule has 2 rings (SSSR count). The average molecular weight is 358 g/mol. The number of allylic oxidation sites excluding steroid dienone is 3. The third kappa shape index (κ3) is 5.36. The van der Waals surface area contributed by atoms with Crippen molar-refractivity contribution in [3.05, 3.63) is 64.8 Å². The lowest BCUT2D eigenvalue weighted by Crippen LogP contribution is -2.08. The van der Waals surface area contributed by atoms with Gasteiger partial charge in [0.1, 0.15) is 11.5 Å². The zero-order valence-electron chi connectivity index (χ0n) is 14.5. The molecule has 1 aromatic rings. The van der Waals surface area contributed by atoms with Gasteiger partial charge in [-0.2, -0.15) is 0 Å². The van der Waals surface area contributed by atoms with Gasteiger partial charge in [0.25, 0.3) is 0 Å². The Morgan fingerprint density at radius 2 is 2.00 bits per heavy atom. The largest absolute Gasteiger partial charge is 0.497 e. The predicted molar refractivity (Wildman–Crippen MR) is 101 cm³/mol. The molecule has 0 saturated carbocycles. The smallest absolute Gasteiger partial charge is 0.163 e. The van der Waals surface area contributed by atoms with Gasteiger partial charge in [-0.25, -0.2) is 0 Å². The van der Waals surface area contributed by atoms with E-state index < -0.39 is 0 Å². The summed E-state index contributed by atoms with van der Waals surface area (Å²) in [7, 11) is 1.58. The maximum atomic E-state index is 12.3. The molecule has 132 valence electrons. The summed E-state index contributed by atoms with van der Waals surface area (Å²) in [6.07, 6.45) is 3.83. The van der Waals surface area contributed by atoms with Crippen molar-refractivity contribution < 1.29 is 19.1 Å². The van der Waals surface area contributed by atoms with Gasteiger partial charge in [0.05, 0.1) is 13.7 Å². The van der Waals surface area contributed by atoms with Crippen molar-refractivity contribution in [1.82, 2.24) is 0 Å². The quantitative estimate of drug-likeness (QED) is 0.511. The molecule has 0 spiro atoms. The number of ketones is 2. The molecule has 0 aromatic heterocycles. The molecular weight excluding hydrogens is 336 g/mol. The lowest BCUT2D eigenvalue weighted by atomic mass is 10.0. The zero-order valence-corrected chi connectivity index (χ0v) is 15.4. The first-order valence-corrected chi connectivity index (χ1v) is 9.04. The van der Waals surface area contributed by atoms with Crippen LogP contribution in [0, 0.1) is 0 Å². The average Bonchev–Trinajstić information content (AvgIpc) is 2.66. The Bertz CT molecular complexity index is 714. The van der Waals surface area contributed by atoms with E-state index in [2.05, 4.69) is 6.58 Å². The Morgan fingerprint density at radius 3 is 2.64 bits per heavy atom. The van der Waals surface area contributed by atoms with E-state index in [1.54, 1.807) is 62.2 Å². The van der Waals surface area contributed by atoms with E-state index in [0.29, 0.717) is 29.3 Å². The monoisotopic (exact) mass is 358 g/mol. The van der Waals surface area contributed by atoms with Gasteiger partial charge in [0, 0.05) is 29.1 Å². The van der Waals surface area contributed by atoms with Crippen LogP contribution in [-0.2, 0) is 9.53 Å². The van der Waals surface area contributed by atoms with E-state index in [0.717, 1.165) is 10.7 Å². The minimum atomic E-state index is -0.0584. The lowest BCUT2D eigenvalue weighted by molar-refractivity contribution is -0.115. The molecular formula is C20H22O4S. The molecule has 1 aromatic carbocycles. The van der Waals surface area contributed by atoms with Crippen molar-refractivity contribution in [2.45, 2.75) is 19.8 Å². The van der Waals surface area contributed by atoms with Crippen LogP contribution in [0.25, 0.3) is 0 Å². The van der Waals surface area contributed by atoms with Crippen LogP contribution in [0.3, 0.4) is 0 Å². The van der Waals surface area contributed by atoms with Gasteiger partial charge in [-0.05, 0) is 42.8 Å². The summed E-state index contributed by atoms with van der Waals surface area (Å²) < 4.78 is 10.7. The van der Waals surface area contributed by atoms with Crippen LogP contribution in [-0.4, -0.2) is 31.0 Å². The van der Waals surface area contributed by atoms with Crippen LogP contribution in [0.15, 0.2) is 59.2 Å². The highest BCUT2D eigenvalue weighted by Gasteiger charge is 2.14. The molecule has 4 nitrogen and oxygen atoms in total. The van der Waals surface area contributed by atoms with Gasteiger partial charge in [0.15, 0.2) is 11.6 Å². The van der Waals surface area contributed by atoms with E-state index in [4.69, 9.17) is 9.47 Å². The predicted octanol–water partition coefficient (Wildman–Crippen LogP) is 4.33. The first-order valence-electron chi connectivity index (χ1n) is 8.06. The summed E-state index contributed by atoms with van der Waals surface area (Å²) in [6.45, 7) is 6.13. The molecule has 0 saturated heterocycles. The minimum absolute atomic E-state index is 0.0562. The van der Waals surface area contributed by atoms with Crippen LogP contribution in [0.2, 0.25) is 0 Å². The Balaban J connectivity index is 1.96. The van der Waals surface area contributed by atoms with Crippen molar-refractivity contribution in [2.24, 2.45) is 0 Å². The van der Waals surface area contributed by atoms with Crippen LogP contribution >= 0.6 is 11.8 Å².